The van der Waals surface area contributed by atoms with Crippen LogP contribution in [0.1, 0.15) is 47.2 Å². The molecule has 146 valence electrons. The minimum Gasteiger partial charge on any atom is -0.352 e. The summed E-state index contributed by atoms with van der Waals surface area (Å²) in [4.78, 5) is 12.5. The summed E-state index contributed by atoms with van der Waals surface area (Å²) in [7, 11) is -3.44. The summed E-state index contributed by atoms with van der Waals surface area (Å²) >= 11 is 1.26. The highest BCUT2D eigenvalue weighted by atomic mass is 32.2. The fourth-order valence-corrected chi connectivity index (χ4v) is 6.38. The molecule has 0 bridgehead atoms. The van der Waals surface area contributed by atoms with Gasteiger partial charge in [0.2, 0.25) is 0 Å². The minimum absolute atomic E-state index is 0.0650. The molecular formula is C20H26N2O3S2. The summed E-state index contributed by atoms with van der Waals surface area (Å²) in [6.45, 7) is 4.90. The van der Waals surface area contributed by atoms with Crippen molar-refractivity contribution in [3.05, 3.63) is 52.4 Å². The standard InChI is InChI=1S/C20H26N2O3S2/c1-15-8-9-16(2)18(14-15)20(23)21-11-10-17-6-3-4-12-22(17)27(24,25)19-7-5-13-26-19/h5,7-9,13-14,17H,3-4,6,10-12H2,1-2H3,(H,21,23). The maximum absolute atomic E-state index is 12.9. The highest BCUT2D eigenvalue weighted by molar-refractivity contribution is 7.91. The van der Waals surface area contributed by atoms with Gasteiger partial charge in [0.1, 0.15) is 4.21 Å². The van der Waals surface area contributed by atoms with Gasteiger partial charge in [0.05, 0.1) is 0 Å². The third kappa shape index (κ3) is 4.59. The minimum atomic E-state index is -3.44. The van der Waals surface area contributed by atoms with Gasteiger partial charge in [0, 0.05) is 24.7 Å². The van der Waals surface area contributed by atoms with Gasteiger partial charge >= 0.3 is 0 Å². The average molecular weight is 407 g/mol. The van der Waals surface area contributed by atoms with Gasteiger partial charge < -0.3 is 5.32 Å². The Bertz CT molecular complexity index is 892. The second-order valence-electron chi connectivity index (χ2n) is 7.06. The van der Waals surface area contributed by atoms with Gasteiger partial charge in [-0.15, -0.1) is 11.3 Å². The van der Waals surface area contributed by atoms with Crippen molar-refractivity contribution >= 4 is 27.3 Å². The van der Waals surface area contributed by atoms with Crippen molar-refractivity contribution < 1.29 is 13.2 Å². The number of carbonyl (C=O) groups excluding carboxylic acids is 1. The smallest absolute Gasteiger partial charge is 0.252 e. The van der Waals surface area contributed by atoms with E-state index in [0.29, 0.717) is 29.3 Å². The first-order chi connectivity index (χ1) is 12.9. The zero-order chi connectivity index (χ0) is 19.4. The first kappa shape index (κ1) is 20.0. The van der Waals surface area contributed by atoms with E-state index in [-0.39, 0.29) is 11.9 Å². The average Bonchev–Trinajstić information content (AvgIpc) is 3.19. The number of aryl methyl sites for hydroxylation is 2. The first-order valence-corrected chi connectivity index (χ1v) is 11.6. The highest BCUT2D eigenvalue weighted by Crippen LogP contribution is 2.29. The second-order valence-corrected chi connectivity index (χ2v) is 10.1. The van der Waals surface area contributed by atoms with Gasteiger partial charge in [-0.25, -0.2) is 8.42 Å². The van der Waals surface area contributed by atoms with Gasteiger partial charge in [0.25, 0.3) is 15.9 Å². The van der Waals surface area contributed by atoms with E-state index in [9.17, 15) is 13.2 Å². The molecule has 5 nitrogen and oxygen atoms in total. The molecule has 1 atom stereocenters. The van der Waals surface area contributed by atoms with Crippen molar-refractivity contribution in [3.63, 3.8) is 0 Å². The molecule has 0 saturated carbocycles. The van der Waals surface area contributed by atoms with Crippen LogP contribution < -0.4 is 5.32 Å². The van der Waals surface area contributed by atoms with Crippen LogP contribution in [-0.4, -0.2) is 37.8 Å². The molecule has 1 aliphatic rings. The largest absolute Gasteiger partial charge is 0.352 e. The highest BCUT2D eigenvalue weighted by Gasteiger charge is 2.33. The molecule has 27 heavy (non-hydrogen) atoms. The molecule has 1 amide bonds. The molecule has 7 heteroatoms. The van der Waals surface area contributed by atoms with E-state index in [1.807, 2.05) is 32.0 Å². The van der Waals surface area contributed by atoms with Crippen molar-refractivity contribution in [2.45, 2.75) is 49.8 Å². The zero-order valence-corrected chi connectivity index (χ0v) is 17.4. The van der Waals surface area contributed by atoms with Gasteiger partial charge in [-0.05, 0) is 56.2 Å². The van der Waals surface area contributed by atoms with Crippen LogP contribution in [0.25, 0.3) is 0 Å². The zero-order valence-electron chi connectivity index (χ0n) is 15.8. The summed E-state index contributed by atoms with van der Waals surface area (Å²) in [5, 5.41) is 4.75. The maximum atomic E-state index is 12.9. The summed E-state index contributed by atoms with van der Waals surface area (Å²) in [6, 6.07) is 9.18. The number of hydrogen-bond donors (Lipinski definition) is 1. The molecule has 2 aromatic rings. The van der Waals surface area contributed by atoms with Crippen LogP contribution in [-0.2, 0) is 10.0 Å². The van der Waals surface area contributed by atoms with Crippen LogP contribution >= 0.6 is 11.3 Å². The van der Waals surface area contributed by atoms with E-state index in [4.69, 9.17) is 0 Å². The topological polar surface area (TPSA) is 66.5 Å². The number of rotatable bonds is 6. The summed E-state index contributed by atoms with van der Waals surface area (Å²) in [5.41, 5.74) is 2.67. The number of benzene rings is 1. The van der Waals surface area contributed by atoms with E-state index in [0.717, 1.165) is 30.4 Å². The third-order valence-corrected chi connectivity index (χ3v) is 8.36. The molecule has 1 fully saturated rings. The monoisotopic (exact) mass is 406 g/mol. The number of carbonyl (C=O) groups is 1. The van der Waals surface area contributed by atoms with Crippen LogP contribution in [0, 0.1) is 13.8 Å². The second kappa shape index (κ2) is 8.54. The van der Waals surface area contributed by atoms with Gasteiger partial charge in [-0.3, -0.25) is 4.79 Å². The molecule has 1 aromatic carbocycles. The van der Waals surface area contributed by atoms with Crippen molar-refractivity contribution in [2.24, 2.45) is 0 Å². The van der Waals surface area contributed by atoms with E-state index in [2.05, 4.69) is 5.32 Å². The number of sulfonamides is 1. The Morgan fingerprint density at radius 1 is 1.26 bits per heavy atom. The van der Waals surface area contributed by atoms with Crippen LogP contribution in [0.4, 0.5) is 0 Å². The Labute approximate surface area is 165 Å². The van der Waals surface area contributed by atoms with E-state index < -0.39 is 10.0 Å². The lowest BCUT2D eigenvalue weighted by atomic mass is 10.0. The Hall–Kier alpha value is -1.70. The number of nitrogens with one attached hydrogen (secondary N) is 1. The van der Waals surface area contributed by atoms with Gasteiger partial charge in [-0.1, -0.05) is 30.2 Å². The lowest BCUT2D eigenvalue weighted by Gasteiger charge is -2.34. The molecule has 1 aromatic heterocycles. The molecule has 2 heterocycles. The molecule has 0 aliphatic carbocycles. The van der Waals surface area contributed by atoms with Crippen molar-refractivity contribution in [2.75, 3.05) is 13.1 Å². The number of hydrogen-bond acceptors (Lipinski definition) is 4. The van der Waals surface area contributed by atoms with E-state index >= 15 is 0 Å². The SMILES string of the molecule is Cc1ccc(C)c(C(=O)NCCC2CCCCN2S(=O)(=O)c2cccs2)c1. The van der Waals surface area contributed by atoms with Gasteiger partial charge in [0.15, 0.2) is 0 Å². The summed E-state index contributed by atoms with van der Waals surface area (Å²) in [5.74, 6) is -0.0975. The molecule has 1 aliphatic heterocycles. The summed E-state index contributed by atoms with van der Waals surface area (Å²) < 4.78 is 27.8. The third-order valence-electron chi connectivity index (χ3n) is 5.03. The molecule has 1 saturated heterocycles. The quantitative estimate of drug-likeness (QED) is 0.795. The molecule has 0 spiro atoms. The Balaban J connectivity index is 1.64. The van der Waals surface area contributed by atoms with Crippen molar-refractivity contribution in [1.29, 1.82) is 0 Å². The predicted octanol–water partition coefficient (Wildman–Crippen LogP) is 3.73. The number of thiophene rings is 1. The molecule has 1 unspecified atom stereocenters. The Kier molecular flexibility index (Phi) is 6.34. The van der Waals surface area contributed by atoms with Crippen LogP contribution in [0.15, 0.2) is 39.9 Å². The number of amides is 1. The van der Waals surface area contributed by atoms with Crippen LogP contribution in [0.5, 0.6) is 0 Å². The van der Waals surface area contributed by atoms with Crippen LogP contribution in [0.3, 0.4) is 0 Å². The Morgan fingerprint density at radius 3 is 2.81 bits per heavy atom. The van der Waals surface area contributed by atoms with Gasteiger partial charge in [-0.2, -0.15) is 4.31 Å². The molecule has 1 N–H and O–H groups in total. The Morgan fingerprint density at radius 2 is 2.07 bits per heavy atom. The lowest BCUT2D eigenvalue weighted by molar-refractivity contribution is 0.0949. The molecular weight excluding hydrogens is 380 g/mol. The van der Waals surface area contributed by atoms with Crippen molar-refractivity contribution in [1.82, 2.24) is 9.62 Å². The molecule has 0 radical (unpaired) electrons. The predicted molar refractivity (Wildman–Crippen MR) is 109 cm³/mol. The first-order valence-electron chi connectivity index (χ1n) is 9.30. The number of nitrogens with zero attached hydrogens (tertiary/aromatic N) is 1. The normalized spacial score (nSPS) is 18.4. The van der Waals surface area contributed by atoms with Crippen LogP contribution in [0.2, 0.25) is 0 Å². The van der Waals surface area contributed by atoms with E-state index in [1.165, 1.54) is 11.3 Å². The fourth-order valence-electron chi connectivity index (χ4n) is 3.53. The number of piperidine rings is 1. The fraction of sp³-hybridized carbons (Fsp3) is 0.450. The van der Waals surface area contributed by atoms with E-state index in [1.54, 1.807) is 21.8 Å². The maximum Gasteiger partial charge on any atom is 0.252 e. The van der Waals surface area contributed by atoms with Crippen molar-refractivity contribution in [3.8, 4) is 0 Å². The molecule has 3 rings (SSSR count). The summed E-state index contributed by atoms with van der Waals surface area (Å²) in [6.07, 6.45) is 3.37. The lowest BCUT2D eigenvalue weighted by Crippen LogP contribution is -2.45.